The van der Waals surface area contributed by atoms with E-state index in [-0.39, 0.29) is 0 Å². The van der Waals surface area contributed by atoms with Crippen molar-refractivity contribution >= 4 is 11.0 Å². The topological polar surface area (TPSA) is 53.1 Å². The first kappa shape index (κ1) is 11.7. The highest BCUT2D eigenvalue weighted by atomic mass is 16.5. The Bertz CT molecular complexity index is 555. The fraction of sp³-hybridized carbons (Fsp3) is 0.500. The van der Waals surface area contributed by atoms with Crippen molar-refractivity contribution in [2.45, 2.75) is 25.3 Å². The zero-order chi connectivity index (χ0) is 12.5. The molecule has 1 saturated heterocycles. The Morgan fingerprint density at radius 2 is 2.17 bits per heavy atom. The number of aryl methyl sites for hydroxylation is 1. The molecule has 1 aromatic heterocycles. The predicted octanol–water partition coefficient (Wildman–Crippen LogP) is 1.93. The van der Waals surface area contributed by atoms with Crippen molar-refractivity contribution in [1.29, 1.82) is 0 Å². The molecule has 0 amide bonds. The summed E-state index contributed by atoms with van der Waals surface area (Å²) in [6, 6.07) is 6.23. The fourth-order valence-corrected chi connectivity index (χ4v) is 2.78. The molecule has 2 aromatic rings. The molecule has 1 fully saturated rings. The van der Waals surface area contributed by atoms with Gasteiger partial charge in [-0.25, -0.2) is 4.98 Å². The van der Waals surface area contributed by atoms with E-state index in [2.05, 4.69) is 29.8 Å². The minimum Gasteiger partial charge on any atom is -0.381 e. The third-order valence-electron chi connectivity index (χ3n) is 3.84. The summed E-state index contributed by atoms with van der Waals surface area (Å²) in [7, 11) is 2.10. The van der Waals surface area contributed by atoms with Crippen molar-refractivity contribution in [3.8, 4) is 0 Å². The summed E-state index contributed by atoms with van der Waals surface area (Å²) < 4.78 is 7.64. The summed E-state index contributed by atoms with van der Waals surface area (Å²) >= 11 is 0. The van der Waals surface area contributed by atoms with Crippen LogP contribution in [0.5, 0.6) is 0 Å². The molecule has 1 aliphatic rings. The van der Waals surface area contributed by atoms with E-state index in [1.165, 1.54) is 11.3 Å². The van der Waals surface area contributed by atoms with E-state index in [0.717, 1.165) is 37.1 Å². The zero-order valence-corrected chi connectivity index (χ0v) is 10.7. The number of fused-ring (bicyclic) bond motifs is 1. The van der Waals surface area contributed by atoms with Gasteiger partial charge in [0.05, 0.1) is 11.0 Å². The first-order valence-electron chi connectivity index (χ1n) is 6.53. The Hall–Kier alpha value is -1.39. The summed E-state index contributed by atoms with van der Waals surface area (Å²) in [5, 5.41) is 0. The number of benzene rings is 1. The molecular weight excluding hydrogens is 226 g/mol. The average Bonchev–Trinajstić information content (AvgIpc) is 2.77. The Morgan fingerprint density at radius 1 is 1.39 bits per heavy atom. The second-order valence-electron chi connectivity index (χ2n) is 4.90. The standard InChI is InChI=1S/C14H19N3O/c1-17-12-4-2-3-11(9-15)13(12)16-14(17)10-5-7-18-8-6-10/h2-4,10H,5-9,15H2,1H3. The number of hydrogen-bond donors (Lipinski definition) is 1. The largest absolute Gasteiger partial charge is 0.381 e. The van der Waals surface area contributed by atoms with Crippen LogP contribution in [-0.2, 0) is 18.3 Å². The number of rotatable bonds is 2. The second-order valence-corrected chi connectivity index (χ2v) is 4.90. The number of hydrogen-bond acceptors (Lipinski definition) is 3. The molecule has 4 heteroatoms. The summed E-state index contributed by atoms with van der Waals surface area (Å²) in [4.78, 5) is 4.83. The van der Waals surface area contributed by atoms with Gasteiger partial charge in [-0.3, -0.25) is 0 Å². The van der Waals surface area contributed by atoms with Gasteiger partial charge in [-0.15, -0.1) is 0 Å². The van der Waals surface area contributed by atoms with Gasteiger partial charge in [0.25, 0.3) is 0 Å². The van der Waals surface area contributed by atoms with Crippen LogP contribution < -0.4 is 5.73 Å². The molecule has 0 unspecified atom stereocenters. The van der Waals surface area contributed by atoms with Gasteiger partial charge < -0.3 is 15.0 Å². The van der Waals surface area contributed by atoms with Crippen molar-refractivity contribution < 1.29 is 4.74 Å². The third-order valence-corrected chi connectivity index (χ3v) is 3.84. The van der Waals surface area contributed by atoms with Gasteiger partial charge in [-0.2, -0.15) is 0 Å². The van der Waals surface area contributed by atoms with E-state index in [1.807, 2.05) is 0 Å². The second kappa shape index (κ2) is 4.71. The van der Waals surface area contributed by atoms with Crippen LogP contribution in [0.1, 0.15) is 30.1 Å². The van der Waals surface area contributed by atoms with Crippen LogP contribution in [0.3, 0.4) is 0 Å². The summed E-state index contributed by atoms with van der Waals surface area (Å²) in [6.45, 7) is 2.23. The van der Waals surface area contributed by atoms with Gasteiger partial charge in [-0.05, 0) is 24.5 Å². The lowest BCUT2D eigenvalue weighted by Gasteiger charge is -2.21. The van der Waals surface area contributed by atoms with Crippen molar-refractivity contribution in [2.24, 2.45) is 12.8 Å². The van der Waals surface area contributed by atoms with E-state index in [0.29, 0.717) is 12.5 Å². The quantitative estimate of drug-likeness (QED) is 0.879. The molecule has 18 heavy (non-hydrogen) atoms. The van der Waals surface area contributed by atoms with Crippen LogP contribution in [0.15, 0.2) is 18.2 Å². The maximum absolute atomic E-state index is 5.78. The number of imidazole rings is 1. The molecule has 4 nitrogen and oxygen atoms in total. The van der Waals surface area contributed by atoms with Crippen molar-refractivity contribution in [1.82, 2.24) is 9.55 Å². The van der Waals surface area contributed by atoms with E-state index < -0.39 is 0 Å². The lowest BCUT2D eigenvalue weighted by atomic mass is 9.99. The highest BCUT2D eigenvalue weighted by molar-refractivity contribution is 5.79. The Morgan fingerprint density at radius 3 is 2.89 bits per heavy atom. The zero-order valence-electron chi connectivity index (χ0n) is 10.7. The normalized spacial score (nSPS) is 17.4. The van der Waals surface area contributed by atoms with Gasteiger partial charge >= 0.3 is 0 Å². The molecule has 0 spiro atoms. The van der Waals surface area contributed by atoms with Gasteiger partial charge in [0.2, 0.25) is 0 Å². The average molecular weight is 245 g/mol. The molecule has 96 valence electrons. The summed E-state index contributed by atoms with van der Waals surface area (Å²) in [5.41, 5.74) is 9.15. The van der Waals surface area contributed by atoms with Crippen molar-refractivity contribution in [3.05, 3.63) is 29.6 Å². The van der Waals surface area contributed by atoms with Crippen LogP contribution in [-0.4, -0.2) is 22.8 Å². The molecule has 1 aromatic carbocycles. The predicted molar refractivity (Wildman–Crippen MR) is 71.4 cm³/mol. The third kappa shape index (κ3) is 1.82. The van der Waals surface area contributed by atoms with Gasteiger partial charge in [0, 0.05) is 32.7 Å². The van der Waals surface area contributed by atoms with E-state index in [9.17, 15) is 0 Å². The van der Waals surface area contributed by atoms with Gasteiger partial charge in [0.1, 0.15) is 5.82 Å². The molecule has 2 heterocycles. The highest BCUT2D eigenvalue weighted by Crippen LogP contribution is 2.29. The van der Waals surface area contributed by atoms with Crippen LogP contribution in [0.2, 0.25) is 0 Å². The first-order chi connectivity index (χ1) is 8.81. The maximum Gasteiger partial charge on any atom is 0.112 e. The number of nitrogens with two attached hydrogens (primary N) is 1. The van der Waals surface area contributed by atoms with Crippen molar-refractivity contribution in [2.75, 3.05) is 13.2 Å². The minimum atomic E-state index is 0.516. The molecule has 1 aliphatic heterocycles. The lowest BCUT2D eigenvalue weighted by molar-refractivity contribution is 0.0831. The Kier molecular flexibility index (Phi) is 3.06. The van der Waals surface area contributed by atoms with E-state index in [4.69, 9.17) is 15.5 Å². The highest BCUT2D eigenvalue weighted by Gasteiger charge is 2.21. The number of para-hydroxylation sites is 1. The molecule has 0 radical (unpaired) electrons. The molecule has 0 aliphatic carbocycles. The number of ether oxygens (including phenoxy) is 1. The molecule has 3 rings (SSSR count). The number of aromatic nitrogens is 2. The molecule has 0 saturated carbocycles. The van der Waals surface area contributed by atoms with Gasteiger partial charge in [-0.1, -0.05) is 12.1 Å². The number of nitrogens with zero attached hydrogens (tertiary/aromatic N) is 2. The van der Waals surface area contributed by atoms with Crippen LogP contribution in [0.25, 0.3) is 11.0 Å². The van der Waals surface area contributed by atoms with Crippen LogP contribution in [0, 0.1) is 0 Å². The first-order valence-corrected chi connectivity index (χ1v) is 6.53. The fourth-order valence-electron chi connectivity index (χ4n) is 2.78. The maximum atomic E-state index is 5.78. The molecular formula is C14H19N3O. The lowest BCUT2D eigenvalue weighted by Crippen LogP contribution is -2.17. The smallest absolute Gasteiger partial charge is 0.112 e. The van der Waals surface area contributed by atoms with E-state index >= 15 is 0 Å². The molecule has 0 bridgehead atoms. The van der Waals surface area contributed by atoms with E-state index in [1.54, 1.807) is 0 Å². The minimum absolute atomic E-state index is 0.516. The molecule has 0 atom stereocenters. The van der Waals surface area contributed by atoms with Crippen LogP contribution in [0.4, 0.5) is 0 Å². The SMILES string of the molecule is Cn1c(C2CCOCC2)nc2c(CN)cccc21. The van der Waals surface area contributed by atoms with Crippen LogP contribution >= 0.6 is 0 Å². The summed E-state index contributed by atoms with van der Waals surface area (Å²) in [5.74, 6) is 1.69. The Balaban J connectivity index is 2.09. The monoisotopic (exact) mass is 245 g/mol. The molecule has 2 N–H and O–H groups in total. The van der Waals surface area contributed by atoms with Crippen molar-refractivity contribution in [3.63, 3.8) is 0 Å². The Labute approximate surface area is 107 Å². The van der Waals surface area contributed by atoms with Gasteiger partial charge in [0.15, 0.2) is 0 Å². The summed E-state index contributed by atoms with van der Waals surface area (Å²) in [6.07, 6.45) is 2.13.